The molecule has 0 bridgehead atoms. The van der Waals surface area contributed by atoms with Crippen LogP contribution in [0.1, 0.15) is 28.8 Å². The Labute approximate surface area is 115 Å². The molecule has 0 saturated carbocycles. The van der Waals surface area contributed by atoms with Crippen molar-refractivity contribution in [1.82, 2.24) is 0 Å². The Morgan fingerprint density at radius 3 is 2.76 bits per heavy atom. The third kappa shape index (κ3) is 2.54. The summed E-state index contributed by atoms with van der Waals surface area (Å²) in [5, 5.41) is 0.819. The fourth-order valence-electron chi connectivity index (χ4n) is 1.97. The van der Waals surface area contributed by atoms with Crippen molar-refractivity contribution in [2.45, 2.75) is 19.3 Å². The lowest BCUT2D eigenvalue weighted by Gasteiger charge is -2.19. The lowest BCUT2D eigenvalue weighted by molar-refractivity contribution is 0.0972. The van der Waals surface area contributed by atoms with Crippen LogP contribution in [0.4, 0.5) is 0 Å². The van der Waals surface area contributed by atoms with E-state index in [4.69, 9.17) is 39.5 Å². The Bertz CT molecular complexity index is 458. The molecular weight excluding hydrogens is 282 g/mol. The Kier molecular flexibility index (Phi) is 4.18. The fraction of sp³-hybridized carbons (Fsp3) is 0.417. The molecule has 92 valence electrons. The van der Waals surface area contributed by atoms with Crippen molar-refractivity contribution < 1.29 is 9.53 Å². The van der Waals surface area contributed by atoms with Gasteiger partial charge in [-0.2, -0.15) is 0 Å². The second-order valence-corrected chi connectivity index (χ2v) is 5.00. The van der Waals surface area contributed by atoms with Crippen molar-refractivity contribution in [3.63, 3.8) is 0 Å². The van der Waals surface area contributed by atoms with E-state index in [1.807, 2.05) is 0 Å². The van der Waals surface area contributed by atoms with E-state index in [-0.39, 0.29) is 5.78 Å². The van der Waals surface area contributed by atoms with Crippen LogP contribution in [0.25, 0.3) is 0 Å². The van der Waals surface area contributed by atoms with Gasteiger partial charge in [0.05, 0.1) is 15.9 Å². The Morgan fingerprint density at radius 2 is 2.06 bits per heavy atom. The maximum Gasteiger partial charge on any atom is 0.163 e. The Balaban J connectivity index is 2.46. The van der Waals surface area contributed by atoms with Gasteiger partial charge < -0.3 is 4.74 Å². The van der Waals surface area contributed by atoms with Gasteiger partial charge in [-0.3, -0.25) is 4.79 Å². The van der Waals surface area contributed by atoms with E-state index in [1.54, 1.807) is 6.07 Å². The molecule has 1 aliphatic carbocycles. The molecule has 0 amide bonds. The highest BCUT2D eigenvalue weighted by Crippen LogP contribution is 2.40. The summed E-state index contributed by atoms with van der Waals surface area (Å²) in [4.78, 5) is 11.7. The van der Waals surface area contributed by atoms with E-state index >= 15 is 0 Å². The maximum atomic E-state index is 11.7. The van der Waals surface area contributed by atoms with Gasteiger partial charge in [0.15, 0.2) is 11.5 Å². The van der Waals surface area contributed by atoms with E-state index < -0.39 is 0 Å². The topological polar surface area (TPSA) is 26.3 Å². The first-order valence-electron chi connectivity index (χ1n) is 5.38. The monoisotopic (exact) mass is 292 g/mol. The molecular formula is C12H11Cl3O2. The summed E-state index contributed by atoms with van der Waals surface area (Å²) in [6.07, 6.45) is 2.16. The summed E-state index contributed by atoms with van der Waals surface area (Å²) in [5.74, 6) is 0.893. The normalized spacial score (nSPS) is 14.6. The standard InChI is InChI=1S/C12H11Cl3O2/c13-4-5-17-12-9(14)6-8-7(11(12)15)2-1-3-10(8)16/h6H,1-5H2. The van der Waals surface area contributed by atoms with Crippen LogP contribution < -0.4 is 4.74 Å². The molecule has 1 aromatic carbocycles. The average molecular weight is 294 g/mol. The summed E-state index contributed by atoms with van der Waals surface area (Å²) in [6, 6.07) is 1.65. The molecule has 0 aromatic heterocycles. The highest BCUT2D eigenvalue weighted by atomic mass is 35.5. The number of Topliss-reactive ketones (excluding diaryl/α,β-unsaturated/α-hetero) is 1. The first-order chi connectivity index (χ1) is 8.15. The minimum Gasteiger partial charge on any atom is -0.489 e. The average Bonchev–Trinajstić information content (AvgIpc) is 2.31. The summed E-state index contributed by atoms with van der Waals surface area (Å²) in [7, 11) is 0. The second kappa shape index (κ2) is 5.47. The molecule has 0 saturated heterocycles. The quantitative estimate of drug-likeness (QED) is 0.783. The van der Waals surface area contributed by atoms with Crippen LogP contribution in [-0.2, 0) is 6.42 Å². The summed E-state index contributed by atoms with van der Waals surface area (Å²) >= 11 is 17.8. The number of halogens is 3. The van der Waals surface area contributed by atoms with Crippen LogP contribution in [0.3, 0.4) is 0 Å². The minimum absolute atomic E-state index is 0.0962. The zero-order chi connectivity index (χ0) is 12.4. The first kappa shape index (κ1) is 13.0. The summed E-state index contributed by atoms with van der Waals surface area (Å²) in [6.45, 7) is 0.341. The molecule has 1 aromatic rings. The predicted molar refractivity (Wildman–Crippen MR) is 69.9 cm³/mol. The molecule has 0 fully saturated rings. The number of alkyl halides is 1. The van der Waals surface area contributed by atoms with Crippen molar-refractivity contribution in [1.29, 1.82) is 0 Å². The first-order valence-corrected chi connectivity index (χ1v) is 6.67. The number of ketones is 1. The van der Waals surface area contributed by atoms with Crippen molar-refractivity contribution in [2.24, 2.45) is 0 Å². The van der Waals surface area contributed by atoms with E-state index in [1.165, 1.54) is 0 Å². The molecule has 0 atom stereocenters. The minimum atomic E-state index is 0.0962. The number of rotatable bonds is 3. The van der Waals surface area contributed by atoms with Gasteiger partial charge in [-0.25, -0.2) is 0 Å². The fourth-order valence-corrected chi connectivity index (χ4v) is 2.70. The zero-order valence-electron chi connectivity index (χ0n) is 9.06. The van der Waals surface area contributed by atoms with Crippen LogP contribution in [0, 0.1) is 0 Å². The van der Waals surface area contributed by atoms with Crippen molar-refractivity contribution in [2.75, 3.05) is 12.5 Å². The lowest BCUT2D eigenvalue weighted by atomic mass is 9.90. The third-order valence-electron chi connectivity index (χ3n) is 2.73. The van der Waals surface area contributed by atoms with Crippen LogP contribution in [0.15, 0.2) is 6.07 Å². The predicted octanol–water partition coefficient (Wildman–Crippen LogP) is 4.13. The van der Waals surface area contributed by atoms with Crippen molar-refractivity contribution in [3.8, 4) is 5.75 Å². The molecule has 2 rings (SSSR count). The van der Waals surface area contributed by atoms with Crippen LogP contribution in [-0.4, -0.2) is 18.3 Å². The lowest BCUT2D eigenvalue weighted by Crippen LogP contribution is -2.12. The zero-order valence-corrected chi connectivity index (χ0v) is 11.3. The third-order valence-corrected chi connectivity index (χ3v) is 3.57. The highest BCUT2D eigenvalue weighted by Gasteiger charge is 2.24. The Morgan fingerprint density at radius 1 is 1.29 bits per heavy atom. The molecule has 2 nitrogen and oxygen atoms in total. The van der Waals surface area contributed by atoms with Crippen LogP contribution >= 0.6 is 34.8 Å². The molecule has 1 aliphatic rings. The Hall–Kier alpha value is -0.440. The summed E-state index contributed by atoms with van der Waals surface area (Å²) in [5.41, 5.74) is 1.47. The van der Waals surface area contributed by atoms with E-state index in [9.17, 15) is 4.79 Å². The number of fused-ring (bicyclic) bond motifs is 1. The molecule has 0 spiro atoms. The molecule has 0 unspecified atom stereocenters. The van der Waals surface area contributed by atoms with Crippen molar-refractivity contribution >= 4 is 40.6 Å². The smallest absolute Gasteiger partial charge is 0.163 e. The molecule has 0 heterocycles. The number of ether oxygens (including phenoxy) is 1. The van der Waals surface area contributed by atoms with Gasteiger partial charge in [0, 0.05) is 12.0 Å². The van der Waals surface area contributed by atoms with Gasteiger partial charge >= 0.3 is 0 Å². The van der Waals surface area contributed by atoms with E-state index in [0.717, 1.165) is 18.4 Å². The number of hydrogen-bond donors (Lipinski definition) is 0. The van der Waals surface area contributed by atoms with Gasteiger partial charge in [-0.15, -0.1) is 11.6 Å². The van der Waals surface area contributed by atoms with Crippen LogP contribution in [0.2, 0.25) is 10.0 Å². The summed E-state index contributed by atoms with van der Waals surface area (Å²) < 4.78 is 5.41. The van der Waals surface area contributed by atoms with Gasteiger partial charge in [-0.1, -0.05) is 23.2 Å². The molecule has 0 N–H and O–H groups in total. The second-order valence-electron chi connectivity index (χ2n) is 3.84. The number of carbonyl (C=O) groups excluding carboxylic acids is 1. The maximum absolute atomic E-state index is 11.7. The molecule has 0 radical (unpaired) electrons. The SMILES string of the molecule is O=C1CCCc2c1cc(Cl)c(OCCCl)c2Cl. The largest absolute Gasteiger partial charge is 0.489 e. The van der Waals surface area contributed by atoms with Crippen LogP contribution in [0.5, 0.6) is 5.75 Å². The molecule has 5 heteroatoms. The van der Waals surface area contributed by atoms with Gasteiger partial charge in [0.25, 0.3) is 0 Å². The van der Waals surface area contributed by atoms with Crippen molar-refractivity contribution in [3.05, 3.63) is 27.2 Å². The molecule has 17 heavy (non-hydrogen) atoms. The highest BCUT2D eigenvalue weighted by molar-refractivity contribution is 6.38. The van der Waals surface area contributed by atoms with Gasteiger partial charge in [-0.05, 0) is 24.5 Å². The van der Waals surface area contributed by atoms with Gasteiger partial charge in [0.1, 0.15) is 6.61 Å². The number of carbonyl (C=O) groups is 1. The molecule has 0 aliphatic heterocycles. The van der Waals surface area contributed by atoms with E-state index in [0.29, 0.717) is 40.3 Å². The van der Waals surface area contributed by atoms with E-state index in [2.05, 4.69) is 0 Å². The number of hydrogen-bond acceptors (Lipinski definition) is 2. The van der Waals surface area contributed by atoms with Gasteiger partial charge in [0.2, 0.25) is 0 Å². The number of benzene rings is 1.